The molecule has 22 heavy (non-hydrogen) atoms. The fourth-order valence-electron chi connectivity index (χ4n) is 3.84. The molecular weight excluding hydrogens is 300 g/mol. The van der Waals surface area contributed by atoms with E-state index in [1.165, 1.54) is 24.7 Å². The summed E-state index contributed by atoms with van der Waals surface area (Å²) in [6.45, 7) is 1.42. The summed E-state index contributed by atoms with van der Waals surface area (Å²) >= 11 is 1.27. The number of fused-ring (bicyclic) bond motifs is 2. The second kappa shape index (κ2) is 6.34. The van der Waals surface area contributed by atoms with Crippen LogP contribution in [0.4, 0.5) is 5.13 Å². The highest BCUT2D eigenvalue weighted by atomic mass is 32.1. The molecule has 2 aliphatic carbocycles. The highest BCUT2D eigenvalue weighted by Crippen LogP contribution is 2.39. The first-order valence-corrected chi connectivity index (χ1v) is 8.70. The van der Waals surface area contributed by atoms with Crippen molar-refractivity contribution in [2.24, 2.45) is 17.6 Å². The van der Waals surface area contributed by atoms with Crippen LogP contribution in [0.5, 0.6) is 0 Å². The maximum atomic E-state index is 12.4. The van der Waals surface area contributed by atoms with Gasteiger partial charge in [0.15, 0.2) is 5.13 Å². The lowest BCUT2D eigenvalue weighted by Crippen LogP contribution is -2.53. The van der Waals surface area contributed by atoms with Gasteiger partial charge >= 0.3 is 0 Å². The van der Waals surface area contributed by atoms with Crippen LogP contribution < -0.4 is 16.4 Å². The summed E-state index contributed by atoms with van der Waals surface area (Å²) < 4.78 is 0. The molecule has 2 bridgehead atoms. The predicted octanol–water partition coefficient (Wildman–Crippen LogP) is 1.74. The second-order valence-corrected chi connectivity index (χ2v) is 7.26. The highest BCUT2D eigenvalue weighted by Gasteiger charge is 2.40. The summed E-state index contributed by atoms with van der Waals surface area (Å²) in [4.78, 5) is 27.6. The molecule has 1 aromatic heterocycles. The first kappa shape index (κ1) is 15.4. The van der Waals surface area contributed by atoms with Crippen LogP contribution in [-0.2, 0) is 4.79 Å². The van der Waals surface area contributed by atoms with E-state index in [1.807, 2.05) is 0 Å². The molecule has 1 heterocycles. The quantitative estimate of drug-likeness (QED) is 0.789. The average Bonchev–Trinajstić information content (AvgIpc) is 2.87. The third kappa shape index (κ3) is 3.30. The van der Waals surface area contributed by atoms with Crippen LogP contribution in [0.15, 0.2) is 5.38 Å². The Morgan fingerprint density at radius 3 is 2.64 bits per heavy atom. The van der Waals surface area contributed by atoms with Gasteiger partial charge in [0.05, 0.1) is 0 Å². The topological polar surface area (TPSA) is 97.1 Å². The predicted molar refractivity (Wildman–Crippen MR) is 85.7 cm³/mol. The number of nitrogens with two attached hydrogens (primary N) is 1. The Labute approximate surface area is 133 Å². The van der Waals surface area contributed by atoms with Crippen molar-refractivity contribution in [3.05, 3.63) is 11.1 Å². The van der Waals surface area contributed by atoms with E-state index in [0.29, 0.717) is 22.7 Å². The minimum absolute atomic E-state index is 0.148. The van der Waals surface area contributed by atoms with E-state index in [0.717, 1.165) is 25.7 Å². The molecule has 2 saturated carbocycles. The largest absolute Gasteiger partial charge is 0.347 e. The van der Waals surface area contributed by atoms with E-state index in [2.05, 4.69) is 15.6 Å². The molecule has 3 rings (SSSR count). The average molecular weight is 322 g/mol. The minimum Gasteiger partial charge on any atom is -0.347 e. The van der Waals surface area contributed by atoms with Crippen molar-refractivity contribution in [2.75, 3.05) is 5.32 Å². The van der Waals surface area contributed by atoms with Crippen LogP contribution in [0.25, 0.3) is 0 Å². The first-order valence-electron chi connectivity index (χ1n) is 7.82. The number of rotatable bonds is 3. The summed E-state index contributed by atoms with van der Waals surface area (Å²) in [7, 11) is 0. The van der Waals surface area contributed by atoms with Crippen molar-refractivity contribution in [3.8, 4) is 0 Å². The number of thiazole rings is 1. The van der Waals surface area contributed by atoms with E-state index in [9.17, 15) is 9.59 Å². The van der Waals surface area contributed by atoms with Crippen LogP contribution in [-0.4, -0.2) is 28.9 Å². The molecule has 120 valence electrons. The Hall–Kier alpha value is -1.47. The standard InChI is InChI=1S/C15H22N4O2S/c1-8(20)17-15-18-12(7-22-15)14(21)19-13-9-3-2-4-10(13)6-11(16)5-9/h7,9-11,13H,2-6,16H2,1H3,(H,19,21)(H,17,18,20). The van der Waals surface area contributed by atoms with Gasteiger partial charge in [-0.05, 0) is 37.5 Å². The van der Waals surface area contributed by atoms with Gasteiger partial charge in [-0.1, -0.05) is 6.42 Å². The van der Waals surface area contributed by atoms with Crippen molar-refractivity contribution in [1.29, 1.82) is 0 Å². The van der Waals surface area contributed by atoms with Gasteiger partial charge in [0.25, 0.3) is 5.91 Å². The highest BCUT2D eigenvalue weighted by molar-refractivity contribution is 7.14. The summed E-state index contributed by atoms with van der Waals surface area (Å²) in [6, 6.07) is 0.487. The Bertz CT molecular complexity index is 560. The normalized spacial score (nSPS) is 30.6. The minimum atomic E-state index is -0.183. The van der Waals surface area contributed by atoms with Crippen LogP contribution in [0.3, 0.4) is 0 Å². The van der Waals surface area contributed by atoms with Gasteiger partial charge in [-0.25, -0.2) is 4.98 Å². The van der Waals surface area contributed by atoms with E-state index >= 15 is 0 Å². The Morgan fingerprint density at radius 1 is 1.32 bits per heavy atom. The third-order valence-electron chi connectivity index (χ3n) is 4.69. The van der Waals surface area contributed by atoms with Gasteiger partial charge in [-0.15, -0.1) is 11.3 Å². The molecule has 2 atom stereocenters. The van der Waals surface area contributed by atoms with E-state index in [4.69, 9.17) is 5.73 Å². The first-order chi connectivity index (χ1) is 10.5. The number of nitrogens with zero attached hydrogens (tertiary/aromatic N) is 1. The maximum absolute atomic E-state index is 12.4. The SMILES string of the molecule is CC(=O)Nc1nc(C(=O)NC2C3CCCC2CC(N)C3)cs1. The molecule has 2 unspecified atom stereocenters. The van der Waals surface area contributed by atoms with Gasteiger partial charge in [-0.3, -0.25) is 9.59 Å². The summed E-state index contributed by atoms with van der Waals surface area (Å²) in [5, 5.41) is 7.91. The Morgan fingerprint density at radius 2 is 2.00 bits per heavy atom. The molecule has 1 aromatic rings. The zero-order chi connectivity index (χ0) is 15.7. The fraction of sp³-hybridized carbons (Fsp3) is 0.667. The van der Waals surface area contributed by atoms with E-state index in [1.54, 1.807) is 5.38 Å². The second-order valence-electron chi connectivity index (χ2n) is 6.40. The number of hydrogen-bond acceptors (Lipinski definition) is 5. The number of carbonyl (C=O) groups excluding carboxylic acids is 2. The van der Waals surface area contributed by atoms with Crippen molar-refractivity contribution in [3.63, 3.8) is 0 Å². The van der Waals surface area contributed by atoms with Gasteiger partial charge in [-0.2, -0.15) is 0 Å². The molecule has 6 nitrogen and oxygen atoms in total. The number of hydrogen-bond donors (Lipinski definition) is 3. The lowest BCUT2D eigenvalue weighted by atomic mass is 9.67. The van der Waals surface area contributed by atoms with Crippen molar-refractivity contribution in [2.45, 2.75) is 51.1 Å². The molecule has 0 aliphatic heterocycles. The van der Waals surface area contributed by atoms with E-state index < -0.39 is 0 Å². The molecule has 0 spiro atoms. The lowest BCUT2D eigenvalue weighted by molar-refractivity contribution is -0.114. The number of carbonyl (C=O) groups is 2. The molecule has 0 saturated heterocycles. The molecule has 0 aromatic carbocycles. The summed E-state index contributed by atoms with van der Waals surface area (Å²) in [5.41, 5.74) is 6.49. The number of anilines is 1. The third-order valence-corrected chi connectivity index (χ3v) is 5.45. The van der Waals surface area contributed by atoms with Gasteiger partial charge < -0.3 is 16.4 Å². The summed E-state index contributed by atoms with van der Waals surface area (Å²) in [5.74, 6) is 0.641. The number of aromatic nitrogens is 1. The number of nitrogens with one attached hydrogen (secondary N) is 2. The van der Waals surface area contributed by atoms with Crippen LogP contribution in [0.2, 0.25) is 0 Å². The van der Waals surface area contributed by atoms with Crippen molar-refractivity contribution >= 4 is 28.3 Å². The molecule has 4 N–H and O–H groups in total. The van der Waals surface area contributed by atoms with Crippen LogP contribution >= 0.6 is 11.3 Å². The van der Waals surface area contributed by atoms with Crippen LogP contribution in [0, 0.1) is 11.8 Å². The maximum Gasteiger partial charge on any atom is 0.271 e. The zero-order valence-corrected chi connectivity index (χ0v) is 13.5. The Kier molecular flexibility index (Phi) is 4.44. The molecule has 0 radical (unpaired) electrons. The molecule has 2 fully saturated rings. The fourth-order valence-corrected chi connectivity index (χ4v) is 4.57. The molecule has 2 amide bonds. The van der Waals surface area contributed by atoms with Crippen molar-refractivity contribution in [1.82, 2.24) is 10.3 Å². The summed E-state index contributed by atoms with van der Waals surface area (Å²) in [6.07, 6.45) is 5.51. The zero-order valence-electron chi connectivity index (χ0n) is 12.7. The smallest absolute Gasteiger partial charge is 0.271 e. The van der Waals surface area contributed by atoms with Crippen LogP contribution in [0.1, 0.15) is 49.5 Å². The molecule has 2 aliphatic rings. The Balaban J connectivity index is 1.66. The van der Waals surface area contributed by atoms with Gasteiger partial charge in [0.2, 0.25) is 5.91 Å². The molecular formula is C15H22N4O2S. The van der Waals surface area contributed by atoms with E-state index in [-0.39, 0.29) is 23.9 Å². The van der Waals surface area contributed by atoms with Gasteiger partial charge in [0.1, 0.15) is 5.69 Å². The van der Waals surface area contributed by atoms with Crippen molar-refractivity contribution < 1.29 is 9.59 Å². The van der Waals surface area contributed by atoms with Gasteiger partial charge in [0, 0.05) is 24.4 Å². The monoisotopic (exact) mass is 322 g/mol. The lowest BCUT2D eigenvalue weighted by Gasteiger charge is -2.45. The molecule has 7 heteroatoms. The number of amides is 2.